The summed E-state index contributed by atoms with van der Waals surface area (Å²) >= 11 is 0. The summed E-state index contributed by atoms with van der Waals surface area (Å²) in [6.07, 6.45) is 3.72. The molecule has 0 saturated heterocycles. The monoisotopic (exact) mass is 272 g/mol. The van der Waals surface area contributed by atoms with Crippen LogP contribution in [0.1, 0.15) is 30.1 Å². The molecule has 106 valence electrons. The van der Waals surface area contributed by atoms with Gasteiger partial charge in [-0.25, -0.2) is 0 Å². The van der Waals surface area contributed by atoms with Gasteiger partial charge >= 0.3 is 0 Å². The molecule has 1 amide bonds. The molecule has 0 bridgehead atoms. The molecule has 2 aromatic rings. The van der Waals surface area contributed by atoms with Crippen molar-refractivity contribution in [2.45, 2.75) is 19.8 Å². The Hall–Kier alpha value is -2.10. The highest BCUT2D eigenvalue weighted by Crippen LogP contribution is 2.20. The zero-order valence-corrected chi connectivity index (χ0v) is 12.2. The molecule has 20 heavy (non-hydrogen) atoms. The van der Waals surface area contributed by atoms with E-state index in [0.717, 1.165) is 36.0 Å². The van der Waals surface area contributed by atoms with Gasteiger partial charge < -0.3 is 9.64 Å². The second kappa shape index (κ2) is 6.37. The molecule has 4 nitrogen and oxygen atoms in total. The second-order valence-corrected chi connectivity index (χ2v) is 4.86. The van der Waals surface area contributed by atoms with Crippen LogP contribution in [0, 0.1) is 0 Å². The lowest BCUT2D eigenvalue weighted by Gasteiger charge is -2.16. The minimum Gasteiger partial charge on any atom is -0.497 e. The number of aromatic nitrogens is 1. The fraction of sp³-hybridized carbons (Fsp3) is 0.375. The van der Waals surface area contributed by atoms with Gasteiger partial charge in [0.15, 0.2) is 0 Å². The standard InChI is InChI=1S/C16H20N2O2/c1-4-5-8-18(2)16(19)13-9-12-10-14(20-3)6-7-15(12)17-11-13/h6-7,9-11H,4-5,8H2,1-3H3. The summed E-state index contributed by atoms with van der Waals surface area (Å²) < 4.78 is 5.20. The Balaban J connectivity index is 2.28. The van der Waals surface area contributed by atoms with Gasteiger partial charge in [-0.15, -0.1) is 0 Å². The van der Waals surface area contributed by atoms with E-state index in [1.807, 2.05) is 31.3 Å². The van der Waals surface area contributed by atoms with Crippen molar-refractivity contribution in [1.29, 1.82) is 0 Å². The first kappa shape index (κ1) is 14.3. The van der Waals surface area contributed by atoms with Crippen molar-refractivity contribution in [2.75, 3.05) is 20.7 Å². The van der Waals surface area contributed by atoms with Gasteiger partial charge in [0, 0.05) is 25.2 Å². The summed E-state index contributed by atoms with van der Waals surface area (Å²) in [4.78, 5) is 18.4. The smallest absolute Gasteiger partial charge is 0.255 e. The molecule has 0 spiro atoms. The van der Waals surface area contributed by atoms with E-state index in [2.05, 4.69) is 11.9 Å². The predicted molar refractivity (Wildman–Crippen MR) is 80.2 cm³/mol. The number of benzene rings is 1. The van der Waals surface area contributed by atoms with Gasteiger partial charge in [0.05, 0.1) is 18.2 Å². The Bertz CT molecular complexity index is 610. The summed E-state index contributed by atoms with van der Waals surface area (Å²) in [5, 5.41) is 0.916. The third-order valence-corrected chi connectivity index (χ3v) is 3.33. The molecule has 4 heteroatoms. The quantitative estimate of drug-likeness (QED) is 0.840. The fourth-order valence-corrected chi connectivity index (χ4v) is 2.07. The van der Waals surface area contributed by atoms with E-state index in [9.17, 15) is 4.79 Å². The molecule has 0 aliphatic heterocycles. The number of hydrogen-bond donors (Lipinski definition) is 0. The lowest BCUT2D eigenvalue weighted by atomic mass is 10.1. The first-order valence-corrected chi connectivity index (χ1v) is 6.85. The van der Waals surface area contributed by atoms with Crippen molar-refractivity contribution >= 4 is 16.8 Å². The molecule has 0 atom stereocenters. The highest BCUT2D eigenvalue weighted by atomic mass is 16.5. The number of carbonyl (C=O) groups excluding carboxylic acids is 1. The number of amides is 1. The minimum atomic E-state index is 0.00988. The maximum absolute atomic E-state index is 12.3. The Morgan fingerprint density at radius 3 is 2.85 bits per heavy atom. The van der Waals surface area contributed by atoms with Crippen LogP contribution in [-0.2, 0) is 0 Å². The van der Waals surface area contributed by atoms with Crippen LogP contribution in [0.5, 0.6) is 5.75 Å². The Morgan fingerprint density at radius 1 is 1.35 bits per heavy atom. The number of carbonyl (C=O) groups is 1. The van der Waals surface area contributed by atoms with E-state index < -0.39 is 0 Å². The van der Waals surface area contributed by atoms with Crippen molar-refractivity contribution in [3.05, 3.63) is 36.0 Å². The third kappa shape index (κ3) is 3.07. The van der Waals surface area contributed by atoms with Gasteiger partial charge in [-0.05, 0) is 30.7 Å². The number of unbranched alkanes of at least 4 members (excludes halogenated alkanes) is 1. The van der Waals surface area contributed by atoms with Gasteiger partial charge in [0.1, 0.15) is 5.75 Å². The van der Waals surface area contributed by atoms with E-state index >= 15 is 0 Å². The maximum Gasteiger partial charge on any atom is 0.255 e. The fourth-order valence-electron chi connectivity index (χ4n) is 2.07. The molecule has 0 aliphatic carbocycles. The summed E-state index contributed by atoms with van der Waals surface area (Å²) in [6.45, 7) is 2.88. The molecule has 1 heterocycles. The summed E-state index contributed by atoms with van der Waals surface area (Å²) in [6, 6.07) is 7.52. The molecule has 1 aromatic heterocycles. The number of hydrogen-bond acceptors (Lipinski definition) is 3. The zero-order chi connectivity index (χ0) is 14.5. The average molecular weight is 272 g/mol. The third-order valence-electron chi connectivity index (χ3n) is 3.33. The van der Waals surface area contributed by atoms with Gasteiger partial charge in [-0.2, -0.15) is 0 Å². The van der Waals surface area contributed by atoms with Gasteiger partial charge in [-0.3, -0.25) is 9.78 Å². The van der Waals surface area contributed by atoms with Crippen LogP contribution >= 0.6 is 0 Å². The second-order valence-electron chi connectivity index (χ2n) is 4.86. The number of fused-ring (bicyclic) bond motifs is 1. The van der Waals surface area contributed by atoms with E-state index in [1.54, 1.807) is 18.2 Å². The van der Waals surface area contributed by atoms with Crippen LogP contribution in [0.25, 0.3) is 10.9 Å². The first-order valence-electron chi connectivity index (χ1n) is 6.85. The Morgan fingerprint density at radius 2 is 2.15 bits per heavy atom. The molecule has 0 aliphatic rings. The van der Waals surface area contributed by atoms with Crippen molar-refractivity contribution in [2.24, 2.45) is 0 Å². The molecule has 2 rings (SSSR count). The largest absolute Gasteiger partial charge is 0.497 e. The highest BCUT2D eigenvalue weighted by Gasteiger charge is 2.12. The van der Waals surface area contributed by atoms with Crippen LogP contribution in [0.3, 0.4) is 0 Å². The Kier molecular flexibility index (Phi) is 4.56. The average Bonchev–Trinajstić information content (AvgIpc) is 2.50. The zero-order valence-electron chi connectivity index (χ0n) is 12.2. The van der Waals surface area contributed by atoms with Crippen LogP contribution in [0.2, 0.25) is 0 Å². The van der Waals surface area contributed by atoms with Crippen LogP contribution in [0.4, 0.5) is 0 Å². The lowest BCUT2D eigenvalue weighted by Crippen LogP contribution is -2.27. The molecule has 0 fully saturated rings. The number of nitrogens with zero attached hydrogens (tertiary/aromatic N) is 2. The number of methoxy groups -OCH3 is 1. The van der Waals surface area contributed by atoms with E-state index in [0.29, 0.717) is 5.56 Å². The normalized spacial score (nSPS) is 10.6. The van der Waals surface area contributed by atoms with Crippen LogP contribution in [-0.4, -0.2) is 36.5 Å². The molecule has 1 aromatic carbocycles. The van der Waals surface area contributed by atoms with E-state index in [-0.39, 0.29) is 5.91 Å². The number of pyridine rings is 1. The minimum absolute atomic E-state index is 0.00988. The molecule has 0 saturated carbocycles. The van der Waals surface area contributed by atoms with Crippen LogP contribution < -0.4 is 4.74 Å². The van der Waals surface area contributed by atoms with Crippen molar-refractivity contribution in [3.8, 4) is 5.75 Å². The van der Waals surface area contributed by atoms with Crippen molar-refractivity contribution in [3.63, 3.8) is 0 Å². The SMILES string of the molecule is CCCCN(C)C(=O)c1cnc2ccc(OC)cc2c1. The van der Waals surface area contributed by atoms with Crippen molar-refractivity contribution in [1.82, 2.24) is 9.88 Å². The summed E-state index contributed by atoms with van der Waals surface area (Å²) in [5.74, 6) is 0.777. The number of rotatable bonds is 5. The molecule has 0 N–H and O–H groups in total. The van der Waals surface area contributed by atoms with E-state index in [1.165, 1.54) is 0 Å². The van der Waals surface area contributed by atoms with Gasteiger partial charge in [-0.1, -0.05) is 13.3 Å². The molecular formula is C16H20N2O2. The maximum atomic E-state index is 12.3. The van der Waals surface area contributed by atoms with E-state index in [4.69, 9.17) is 4.74 Å². The van der Waals surface area contributed by atoms with Gasteiger partial charge in [0.2, 0.25) is 0 Å². The van der Waals surface area contributed by atoms with Gasteiger partial charge in [0.25, 0.3) is 5.91 Å². The topological polar surface area (TPSA) is 42.4 Å². The van der Waals surface area contributed by atoms with Crippen molar-refractivity contribution < 1.29 is 9.53 Å². The molecule has 0 unspecified atom stereocenters. The molecule has 0 radical (unpaired) electrons. The first-order chi connectivity index (χ1) is 9.65. The summed E-state index contributed by atoms with van der Waals surface area (Å²) in [7, 11) is 3.45. The molecular weight excluding hydrogens is 252 g/mol. The Labute approximate surface area is 119 Å². The number of ether oxygens (including phenoxy) is 1. The lowest BCUT2D eigenvalue weighted by molar-refractivity contribution is 0.0793. The van der Waals surface area contributed by atoms with Crippen LogP contribution in [0.15, 0.2) is 30.5 Å². The predicted octanol–water partition coefficient (Wildman–Crippen LogP) is 3.12. The highest BCUT2D eigenvalue weighted by molar-refractivity contribution is 5.97. The summed E-state index contributed by atoms with van der Waals surface area (Å²) in [5.41, 5.74) is 1.47.